The predicted molar refractivity (Wildman–Crippen MR) is 39.3 cm³/mol. The first-order chi connectivity index (χ1) is 5.27. The second kappa shape index (κ2) is 3.80. The highest BCUT2D eigenvalue weighted by molar-refractivity contribution is 5.57. The van der Waals surface area contributed by atoms with Crippen LogP contribution in [-0.2, 0) is 9.53 Å². The van der Waals surface area contributed by atoms with Gasteiger partial charge in [-0.25, -0.2) is 0 Å². The predicted octanol–water partition coefficient (Wildman–Crippen LogP) is -1.12. The van der Waals surface area contributed by atoms with E-state index in [2.05, 4.69) is 0 Å². The molecule has 1 heterocycles. The molecule has 2 atom stereocenters. The van der Waals surface area contributed by atoms with Crippen LogP contribution in [0.5, 0.6) is 0 Å². The van der Waals surface area contributed by atoms with Gasteiger partial charge in [-0.1, -0.05) is 0 Å². The van der Waals surface area contributed by atoms with E-state index in [-0.39, 0.29) is 18.8 Å². The maximum Gasteiger partial charge on any atom is 0.139 e. The summed E-state index contributed by atoms with van der Waals surface area (Å²) in [6.45, 7) is 1.04. The number of hydrogen-bond acceptors (Lipinski definition) is 4. The topological polar surface area (TPSA) is 49.8 Å². The van der Waals surface area contributed by atoms with Crippen molar-refractivity contribution in [3.05, 3.63) is 0 Å². The number of carbonyl (C=O) groups excluding carboxylic acids is 1. The number of aliphatic hydroxyl groups excluding tert-OH is 1. The summed E-state index contributed by atoms with van der Waals surface area (Å²) < 4.78 is 5.18. The molecule has 0 amide bonds. The van der Waals surface area contributed by atoms with Crippen LogP contribution in [0.25, 0.3) is 0 Å². The van der Waals surface area contributed by atoms with Gasteiger partial charge in [0.2, 0.25) is 0 Å². The number of nitrogens with zero attached hydrogens (tertiary/aromatic N) is 1. The lowest BCUT2D eigenvalue weighted by molar-refractivity contribution is -0.123. The molecule has 11 heavy (non-hydrogen) atoms. The van der Waals surface area contributed by atoms with Gasteiger partial charge in [0.1, 0.15) is 6.29 Å². The fourth-order valence-corrected chi connectivity index (χ4v) is 1.12. The zero-order valence-corrected chi connectivity index (χ0v) is 6.56. The van der Waals surface area contributed by atoms with Gasteiger partial charge >= 0.3 is 0 Å². The molecule has 0 bridgehead atoms. The Balaban J connectivity index is 2.40. The lowest BCUT2D eigenvalue weighted by Gasteiger charge is -2.33. The van der Waals surface area contributed by atoms with Gasteiger partial charge in [0, 0.05) is 6.54 Å². The first-order valence-corrected chi connectivity index (χ1v) is 3.66. The summed E-state index contributed by atoms with van der Waals surface area (Å²) >= 11 is 0. The zero-order valence-electron chi connectivity index (χ0n) is 6.56. The summed E-state index contributed by atoms with van der Waals surface area (Å²) in [5.74, 6) is 0. The lowest BCUT2D eigenvalue weighted by Crippen LogP contribution is -2.49. The normalized spacial score (nSPS) is 33.6. The van der Waals surface area contributed by atoms with Crippen LogP contribution >= 0.6 is 0 Å². The standard InChI is InChI=1S/C7H13NO3/c1-8-2-7(4-10)11-5-6(8)3-9/h3,6-7,10H,2,4-5H2,1H3/t6?,7-/m1/s1. The molecule has 1 rings (SSSR count). The number of hydrogen-bond donors (Lipinski definition) is 1. The minimum atomic E-state index is -0.141. The van der Waals surface area contributed by atoms with Crippen molar-refractivity contribution in [1.82, 2.24) is 4.90 Å². The van der Waals surface area contributed by atoms with Crippen LogP contribution in [0.3, 0.4) is 0 Å². The average Bonchev–Trinajstić information content (AvgIpc) is 2.04. The van der Waals surface area contributed by atoms with Crippen molar-refractivity contribution >= 4 is 6.29 Å². The Labute approximate surface area is 65.8 Å². The van der Waals surface area contributed by atoms with Crippen LogP contribution in [0, 0.1) is 0 Å². The van der Waals surface area contributed by atoms with Crippen molar-refractivity contribution in [2.45, 2.75) is 12.1 Å². The Kier molecular flexibility index (Phi) is 2.99. The molecule has 1 fully saturated rings. The van der Waals surface area contributed by atoms with Gasteiger partial charge < -0.3 is 14.6 Å². The molecule has 0 aromatic carbocycles. The number of aliphatic hydroxyl groups is 1. The third-order valence-electron chi connectivity index (χ3n) is 1.92. The molecule has 1 unspecified atom stereocenters. The monoisotopic (exact) mass is 159 g/mol. The fourth-order valence-electron chi connectivity index (χ4n) is 1.12. The van der Waals surface area contributed by atoms with E-state index in [1.807, 2.05) is 11.9 Å². The van der Waals surface area contributed by atoms with Crippen LogP contribution in [-0.4, -0.2) is 55.2 Å². The van der Waals surface area contributed by atoms with Crippen LogP contribution in [0.2, 0.25) is 0 Å². The molecule has 0 aromatic rings. The summed E-state index contributed by atoms with van der Waals surface area (Å²) in [5, 5.41) is 8.73. The molecule has 4 heteroatoms. The fraction of sp³-hybridized carbons (Fsp3) is 0.857. The first-order valence-electron chi connectivity index (χ1n) is 3.66. The second-order valence-electron chi connectivity index (χ2n) is 2.78. The van der Waals surface area contributed by atoms with Crippen LogP contribution in [0.1, 0.15) is 0 Å². The Morgan fingerprint density at radius 1 is 1.82 bits per heavy atom. The summed E-state index contributed by atoms with van der Waals surface area (Å²) in [6.07, 6.45) is 0.740. The molecule has 1 aliphatic heterocycles. The summed E-state index contributed by atoms with van der Waals surface area (Å²) in [6, 6.07) is -0.141. The largest absolute Gasteiger partial charge is 0.394 e. The summed E-state index contributed by atoms with van der Waals surface area (Å²) in [7, 11) is 1.85. The number of aldehydes is 1. The number of ether oxygens (including phenoxy) is 1. The molecule has 1 aliphatic rings. The van der Waals surface area contributed by atoms with Gasteiger partial charge in [-0.15, -0.1) is 0 Å². The number of carbonyl (C=O) groups is 1. The van der Waals surface area contributed by atoms with Crippen molar-refractivity contribution < 1.29 is 14.6 Å². The number of morpholine rings is 1. The van der Waals surface area contributed by atoms with Crippen molar-refractivity contribution in [1.29, 1.82) is 0 Å². The van der Waals surface area contributed by atoms with Crippen LogP contribution in [0.15, 0.2) is 0 Å². The Hall–Kier alpha value is -0.450. The van der Waals surface area contributed by atoms with E-state index in [4.69, 9.17) is 9.84 Å². The van der Waals surface area contributed by atoms with Gasteiger partial charge in [0.15, 0.2) is 0 Å². The van der Waals surface area contributed by atoms with Crippen molar-refractivity contribution in [2.75, 3.05) is 26.8 Å². The van der Waals surface area contributed by atoms with E-state index in [1.54, 1.807) is 0 Å². The molecular weight excluding hydrogens is 146 g/mol. The van der Waals surface area contributed by atoms with Gasteiger partial charge in [0.25, 0.3) is 0 Å². The molecular formula is C7H13NO3. The average molecular weight is 159 g/mol. The minimum absolute atomic E-state index is 0.0237. The maximum absolute atomic E-state index is 10.4. The van der Waals surface area contributed by atoms with Gasteiger partial charge in [0.05, 0.1) is 25.4 Å². The highest BCUT2D eigenvalue weighted by Gasteiger charge is 2.24. The summed E-state index contributed by atoms with van der Waals surface area (Å²) in [4.78, 5) is 12.3. The quantitative estimate of drug-likeness (QED) is 0.518. The molecule has 0 spiro atoms. The van der Waals surface area contributed by atoms with Crippen molar-refractivity contribution in [3.63, 3.8) is 0 Å². The van der Waals surface area contributed by atoms with E-state index in [0.717, 1.165) is 6.29 Å². The smallest absolute Gasteiger partial charge is 0.139 e. The Bertz CT molecular complexity index is 140. The van der Waals surface area contributed by atoms with E-state index >= 15 is 0 Å². The molecule has 64 valence electrons. The molecule has 0 radical (unpaired) electrons. The Morgan fingerprint density at radius 2 is 2.55 bits per heavy atom. The molecule has 0 saturated carbocycles. The van der Waals surface area contributed by atoms with Gasteiger partial charge in [-0.05, 0) is 7.05 Å². The Morgan fingerprint density at radius 3 is 3.00 bits per heavy atom. The van der Waals surface area contributed by atoms with E-state index in [1.165, 1.54) is 0 Å². The van der Waals surface area contributed by atoms with Gasteiger partial charge in [-0.2, -0.15) is 0 Å². The minimum Gasteiger partial charge on any atom is -0.394 e. The zero-order chi connectivity index (χ0) is 8.27. The maximum atomic E-state index is 10.4. The molecule has 1 saturated heterocycles. The highest BCUT2D eigenvalue weighted by atomic mass is 16.5. The van der Waals surface area contributed by atoms with Crippen molar-refractivity contribution in [2.24, 2.45) is 0 Å². The SMILES string of the molecule is CN1C[C@H](CO)OCC1C=O. The molecule has 1 N–H and O–H groups in total. The van der Waals surface area contributed by atoms with E-state index in [9.17, 15) is 4.79 Å². The third-order valence-corrected chi connectivity index (χ3v) is 1.92. The first kappa shape index (κ1) is 8.64. The second-order valence-corrected chi connectivity index (χ2v) is 2.78. The van der Waals surface area contributed by atoms with Gasteiger partial charge in [-0.3, -0.25) is 4.90 Å². The van der Waals surface area contributed by atoms with Crippen molar-refractivity contribution in [3.8, 4) is 0 Å². The third kappa shape index (κ3) is 1.99. The number of rotatable bonds is 2. The molecule has 4 nitrogen and oxygen atoms in total. The lowest BCUT2D eigenvalue weighted by atomic mass is 10.2. The molecule has 0 aromatic heterocycles. The van der Waals surface area contributed by atoms with Crippen LogP contribution in [0.4, 0.5) is 0 Å². The number of likely N-dealkylation sites (N-methyl/N-ethyl adjacent to an activating group) is 1. The highest BCUT2D eigenvalue weighted by Crippen LogP contribution is 2.06. The summed E-state index contributed by atoms with van der Waals surface area (Å²) in [5.41, 5.74) is 0. The van der Waals surface area contributed by atoms with E-state index in [0.29, 0.717) is 13.2 Å². The molecule has 0 aliphatic carbocycles. The van der Waals surface area contributed by atoms with Crippen LogP contribution < -0.4 is 0 Å². The van der Waals surface area contributed by atoms with E-state index < -0.39 is 0 Å².